The second-order valence-electron chi connectivity index (χ2n) is 7.40. The fraction of sp³-hybridized carbons (Fsp3) is 0.474. The maximum absolute atomic E-state index is 13.1. The second kappa shape index (κ2) is 7.26. The molecule has 5 rings (SSSR count). The van der Waals surface area contributed by atoms with Gasteiger partial charge in [-0.3, -0.25) is 4.79 Å². The van der Waals surface area contributed by atoms with Crippen LogP contribution in [0.2, 0.25) is 0 Å². The van der Waals surface area contributed by atoms with E-state index < -0.39 is 10.0 Å². The van der Waals surface area contributed by atoms with Crippen molar-refractivity contribution in [1.29, 1.82) is 0 Å². The van der Waals surface area contributed by atoms with Gasteiger partial charge in [0.15, 0.2) is 16.6 Å². The number of hydrogen-bond acceptors (Lipinski definition) is 7. The van der Waals surface area contributed by atoms with Crippen LogP contribution in [0, 0.1) is 5.92 Å². The molecule has 10 heteroatoms. The van der Waals surface area contributed by atoms with Crippen molar-refractivity contribution in [3.63, 3.8) is 0 Å². The molecule has 2 aliphatic heterocycles. The van der Waals surface area contributed by atoms with E-state index in [1.54, 1.807) is 12.1 Å². The monoisotopic (exact) mass is 435 g/mol. The van der Waals surface area contributed by atoms with E-state index in [-0.39, 0.29) is 23.3 Å². The van der Waals surface area contributed by atoms with Crippen LogP contribution in [0.5, 0.6) is 11.5 Å². The third kappa shape index (κ3) is 3.49. The van der Waals surface area contributed by atoms with E-state index in [4.69, 9.17) is 9.47 Å². The van der Waals surface area contributed by atoms with Gasteiger partial charge in [0, 0.05) is 29.8 Å². The molecule has 0 radical (unpaired) electrons. The second-order valence-corrected chi connectivity index (χ2v) is 10.4. The summed E-state index contributed by atoms with van der Waals surface area (Å²) in [6.45, 7) is 1.46. The van der Waals surface area contributed by atoms with Crippen LogP contribution in [-0.2, 0) is 27.8 Å². The minimum absolute atomic E-state index is 0.0168. The first-order chi connectivity index (χ1) is 14.0. The van der Waals surface area contributed by atoms with Gasteiger partial charge >= 0.3 is 0 Å². The largest absolute Gasteiger partial charge is 0.486 e. The van der Waals surface area contributed by atoms with Gasteiger partial charge in [-0.25, -0.2) is 13.4 Å². The zero-order valence-corrected chi connectivity index (χ0v) is 17.4. The molecule has 1 aromatic carbocycles. The van der Waals surface area contributed by atoms with Crippen molar-refractivity contribution in [2.45, 2.75) is 37.1 Å². The Morgan fingerprint density at radius 1 is 1.21 bits per heavy atom. The number of sulfonamides is 1. The number of rotatable bonds is 4. The van der Waals surface area contributed by atoms with Gasteiger partial charge in [0.2, 0.25) is 15.9 Å². The van der Waals surface area contributed by atoms with Crippen molar-refractivity contribution < 1.29 is 22.7 Å². The molecule has 1 amide bonds. The summed E-state index contributed by atoms with van der Waals surface area (Å²) in [6, 6.07) is 4.71. The summed E-state index contributed by atoms with van der Waals surface area (Å²) in [5.74, 6) is 1.12. The fourth-order valence-electron chi connectivity index (χ4n) is 3.64. The van der Waals surface area contributed by atoms with Crippen LogP contribution in [0.1, 0.15) is 29.8 Å². The van der Waals surface area contributed by atoms with E-state index in [1.165, 1.54) is 21.7 Å². The molecule has 1 saturated carbocycles. The molecule has 3 aliphatic rings. The first kappa shape index (κ1) is 18.8. The molecule has 8 nitrogen and oxygen atoms in total. The van der Waals surface area contributed by atoms with Gasteiger partial charge in [-0.2, -0.15) is 4.31 Å². The van der Waals surface area contributed by atoms with Crippen LogP contribution < -0.4 is 14.8 Å². The minimum atomic E-state index is -3.67. The Bertz CT molecular complexity index is 1060. The summed E-state index contributed by atoms with van der Waals surface area (Å²) in [6.07, 6.45) is 3.48. The molecular weight excluding hydrogens is 414 g/mol. The third-order valence-corrected chi connectivity index (χ3v) is 8.39. The summed E-state index contributed by atoms with van der Waals surface area (Å²) in [7, 11) is -3.67. The molecule has 3 heterocycles. The Balaban J connectivity index is 1.34. The number of nitrogens with zero attached hydrogens (tertiary/aromatic N) is 2. The summed E-state index contributed by atoms with van der Waals surface area (Å²) in [5, 5.41) is 3.45. The maximum atomic E-state index is 13.1. The summed E-state index contributed by atoms with van der Waals surface area (Å²) < 4.78 is 38.7. The Kier molecular flexibility index (Phi) is 4.72. The Hall–Kier alpha value is -2.17. The van der Waals surface area contributed by atoms with Gasteiger partial charge < -0.3 is 14.8 Å². The molecule has 29 heavy (non-hydrogen) atoms. The van der Waals surface area contributed by atoms with Crippen molar-refractivity contribution >= 4 is 32.4 Å². The molecule has 154 valence electrons. The Labute approximate surface area is 172 Å². The number of amides is 1. The molecule has 0 spiro atoms. The minimum Gasteiger partial charge on any atom is -0.486 e. The average Bonchev–Trinajstić information content (AvgIpc) is 3.07. The molecule has 0 atom stereocenters. The number of aromatic nitrogens is 1. The number of fused-ring (bicyclic) bond motifs is 2. The van der Waals surface area contributed by atoms with Crippen molar-refractivity contribution in [3.05, 3.63) is 28.8 Å². The zero-order chi connectivity index (χ0) is 20.0. The fourth-order valence-corrected chi connectivity index (χ4v) is 6.18. The van der Waals surface area contributed by atoms with Gasteiger partial charge in [-0.1, -0.05) is 6.42 Å². The zero-order valence-electron chi connectivity index (χ0n) is 15.7. The molecular formula is C19H21N3O5S2. The van der Waals surface area contributed by atoms with Crippen molar-refractivity contribution in [1.82, 2.24) is 9.29 Å². The first-order valence-corrected chi connectivity index (χ1v) is 12.0. The highest BCUT2D eigenvalue weighted by molar-refractivity contribution is 7.89. The third-order valence-electron chi connectivity index (χ3n) is 5.55. The lowest BCUT2D eigenvalue weighted by Crippen LogP contribution is -2.35. The van der Waals surface area contributed by atoms with E-state index in [0.29, 0.717) is 42.8 Å². The Morgan fingerprint density at radius 3 is 2.76 bits per heavy atom. The molecule has 1 N–H and O–H groups in total. The van der Waals surface area contributed by atoms with Gasteiger partial charge in [0.25, 0.3) is 0 Å². The molecule has 1 fully saturated rings. The normalized spacial score (nSPS) is 19.3. The number of anilines is 1. The highest BCUT2D eigenvalue weighted by atomic mass is 32.2. The van der Waals surface area contributed by atoms with Crippen LogP contribution >= 0.6 is 11.3 Å². The summed E-state index contributed by atoms with van der Waals surface area (Å²) in [4.78, 5) is 17.7. The van der Waals surface area contributed by atoms with Gasteiger partial charge in [0.1, 0.15) is 13.2 Å². The van der Waals surface area contributed by atoms with E-state index in [1.807, 2.05) is 0 Å². The number of thiazole rings is 1. The lowest BCUT2D eigenvalue weighted by molar-refractivity contribution is -0.122. The molecule has 1 aromatic heterocycles. The topological polar surface area (TPSA) is 97.8 Å². The molecule has 0 saturated heterocycles. The molecule has 2 aromatic rings. The van der Waals surface area contributed by atoms with Crippen LogP contribution in [0.25, 0.3) is 0 Å². The van der Waals surface area contributed by atoms with Crippen LogP contribution in [0.4, 0.5) is 5.13 Å². The van der Waals surface area contributed by atoms with E-state index in [2.05, 4.69) is 10.3 Å². The predicted octanol–water partition coefficient (Wildman–Crippen LogP) is 2.40. The average molecular weight is 436 g/mol. The van der Waals surface area contributed by atoms with Gasteiger partial charge in [0.05, 0.1) is 17.1 Å². The number of carbonyl (C=O) groups is 1. The number of ether oxygens (including phenoxy) is 2. The number of benzene rings is 1. The Morgan fingerprint density at radius 2 is 2.00 bits per heavy atom. The van der Waals surface area contributed by atoms with E-state index >= 15 is 0 Å². The van der Waals surface area contributed by atoms with Gasteiger partial charge in [-0.15, -0.1) is 11.3 Å². The van der Waals surface area contributed by atoms with Crippen LogP contribution in [0.3, 0.4) is 0 Å². The van der Waals surface area contributed by atoms with Crippen LogP contribution in [0.15, 0.2) is 23.1 Å². The summed E-state index contributed by atoms with van der Waals surface area (Å²) >= 11 is 1.36. The smallest absolute Gasteiger partial charge is 0.243 e. The highest BCUT2D eigenvalue weighted by Crippen LogP contribution is 2.36. The lowest BCUT2D eigenvalue weighted by Gasteiger charge is -2.26. The van der Waals surface area contributed by atoms with Crippen LogP contribution in [-0.4, -0.2) is 43.4 Å². The quantitative estimate of drug-likeness (QED) is 0.792. The maximum Gasteiger partial charge on any atom is 0.243 e. The standard InChI is InChI=1S/C19H21N3O5S2/c23-18(12-2-1-3-12)21-19-20-14-6-7-22(11-17(14)28-19)29(24,25)13-4-5-15-16(10-13)27-9-8-26-15/h4-5,10,12H,1-3,6-9,11H2,(H,20,21,23). The molecule has 1 aliphatic carbocycles. The van der Waals surface area contributed by atoms with Crippen molar-refractivity contribution in [2.24, 2.45) is 5.92 Å². The van der Waals surface area contributed by atoms with E-state index in [9.17, 15) is 13.2 Å². The highest BCUT2D eigenvalue weighted by Gasteiger charge is 2.32. The predicted molar refractivity (Wildman–Crippen MR) is 107 cm³/mol. The first-order valence-electron chi connectivity index (χ1n) is 9.70. The van der Waals surface area contributed by atoms with E-state index in [0.717, 1.165) is 29.8 Å². The van der Waals surface area contributed by atoms with Gasteiger partial charge in [-0.05, 0) is 25.0 Å². The molecule has 0 bridgehead atoms. The molecule has 0 unspecified atom stereocenters. The lowest BCUT2D eigenvalue weighted by atomic mass is 9.85. The number of hydrogen-bond donors (Lipinski definition) is 1. The summed E-state index contributed by atoms with van der Waals surface area (Å²) in [5.41, 5.74) is 0.868. The van der Waals surface area contributed by atoms with Crippen molar-refractivity contribution in [3.8, 4) is 11.5 Å². The van der Waals surface area contributed by atoms with Crippen molar-refractivity contribution in [2.75, 3.05) is 25.1 Å². The number of carbonyl (C=O) groups excluding carboxylic acids is 1. The number of nitrogens with one attached hydrogen (secondary N) is 1. The SMILES string of the molecule is O=C(Nc1nc2c(s1)CN(S(=O)(=O)c1ccc3c(c1)OCCO3)CC2)C1CCC1.